The maximum absolute atomic E-state index is 13.0. The van der Waals surface area contributed by atoms with Gasteiger partial charge >= 0.3 is 0 Å². The second kappa shape index (κ2) is 7.24. The van der Waals surface area contributed by atoms with Crippen molar-refractivity contribution < 1.29 is 14.7 Å². The minimum Gasteiger partial charge on any atom is -0.392 e. The van der Waals surface area contributed by atoms with Crippen LogP contribution in [0.1, 0.15) is 42.5 Å². The number of likely N-dealkylation sites (N-methyl/N-ethyl adjacent to an activating group) is 1. The predicted molar refractivity (Wildman–Crippen MR) is 104 cm³/mol. The quantitative estimate of drug-likeness (QED) is 0.860. The summed E-state index contributed by atoms with van der Waals surface area (Å²) in [4.78, 5) is 30.9. The summed E-state index contributed by atoms with van der Waals surface area (Å²) < 4.78 is 0. The molecular weight excluding hydrogens is 342 g/mol. The normalized spacial score (nSPS) is 26.0. The Balaban J connectivity index is 1.43. The molecular formula is C21H29N3O3. The van der Waals surface area contributed by atoms with Crippen molar-refractivity contribution in [1.82, 2.24) is 9.80 Å². The number of hydrogen-bond donors (Lipinski definition) is 1. The number of benzene rings is 1. The molecule has 0 saturated carbocycles. The molecule has 146 valence electrons. The summed E-state index contributed by atoms with van der Waals surface area (Å²) in [6.45, 7) is 3.93. The Morgan fingerprint density at radius 1 is 1.22 bits per heavy atom. The van der Waals surface area contributed by atoms with Gasteiger partial charge in [-0.3, -0.25) is 9.59 Å². The Bertz CT molecular complexity index is 715. The SMILES string of the molecule is CN1CC(O)CC2(CCN(C(=O)c3cccc(N4CCCC4=O)c3)CC2)C1. The van der Waals surface area contributed by atoms with Crippen molar-refractivity contribution in [1.29, 1.82) is 0 Å². The van der Waals surface area contributed by atoms with Crippen LogP contribution < -0.4 is 4.90 Å². The number of rotatable bonds is 2. The maximum atomic E-state index is 13.0. The van der Waals surface area contributed by atoms with Crippen molar-refractivity contribution >= 4 is 17.5 Å². The first kappa shape index (κ1) is 18.4. The number of likely N-dealkylation sites (tertiary alicyclic amines) is 2. The fourth-order valence-corrected chi connectivity index (χ4v) is 5.08. The average Bonchev–Trinajstić information content (AvgIpc) is 3.07. The Hall–Kier alpha value is -1.92. The van der Waals surface area contributed by atoms with Crippen LogP contribution in [-0.2, 0) is 4.79 Å². The Morgan fingerprint density at radius 2 is 2.00 bits per heavy atom. The highest BCUT2D eigenvalue weighted by molar-refractivity contribution is 5.99. The second-order valence-electron chi connectivity index (χ2n) is 8.55. The maximum Gasteiger partial charge on any atom is 0.253 e. The van der Waals surface area contributed by atoms with E-state index in [9.17, 15) is 14.7 Å². The zero-order valence-corrected chi connectivity index (χ0v) is 16.1. The van der Waals surface area contributed by atoms with E-state index in [0.29, 0.717) is 12.0 Å². The molecule has 3 saturated heterocycles. The molecule has 3 heterocycles. The van der Waals surface area contributed by atoms with Crippen LogP contribution >= 0.6 is 0 Å². The molecule has 6 nitrogen and oxygen atoms in total. The van der Waals surface area contributed by atoms with Crippen LogP contribution in [-0.4, -0.2) is 72.6 Å². The minimum atomic E-state index is -0.263. The number of hydrogen-bond acceptors (Lipinski definition) is 4. The number of carbonyl (C=O) groups excluding carboxylic acids is 2. The third-order valence-corrected chi connectivity index (χ3v) is 6.39. The molecule has 6 heteroatoms. The van der Waals surface area contributed by atoms with E-state index in [1.54, 1.807) is 4.90 Å². The number of β-amino-alcohol motifs (C(OH)–C–C–N with tert-alkyl or cyclic N) is 1. The Morgan fingerprint density at radius 3 is 2.67 bits per heavy atom. The number of carbonyl (C=O) groups is 2. The van der Waals surface area contributed by atoms with Gasteiger partial charge in [-0.05, 0) is 56.3 Å². The largest absolute Gasteiger partial charge is 0.392 e. The van der Waals surface area contributed by atoms with Crippen molar-refractivity contribution in [2.24, 2.45) is 5.41 Å². The topological polar surface area (TPSA) is 64.1 Å². The molecule has 3 aliphatic heterocycles. The van der Waals surface area contributed by atoms with Gasteiger partial charge in [0.1, 0.15) is 0 Å². The van der Waals surface area contributed by atoms with Gasteiger partial charge in [-0.1, -0.05) is 6.07 Å². The van der Waals surface area contributed by atoms with Gasteiger partial charge in [0.15, 0.2) is 0 Å². The van der Waals surface area contributed by atoms with Gasteiger partial charge in [-0.15, -0.1) is 0 Å². The number of anilines is 1. The fraction of sp³-hybridized carbons (Fsp3) is 0.619. The summed E-state index contributed by atoms with van der Waals surface area (Å²) >= 11 is 0. The van der Waals surface area contributed by atoms with Gasteiger partial charge < -0.3 is 19.8 Å². The average molecular weight is 371 g/mol. The third kappa shape index (κ3) is 3.73. The molecule has 1 aromatic carbocycles. The first-order valence-corrected chi connectivity index (χ1v) is 10.0. The molecule has 1 atom stereocenters. The second-order valence-corrected chi connectivity index (χ2v) is 8.55. The van der Waals surface area contributed by atoms with Crippen LogP contribution in [0.2, 0.25) is 0 Å². The smallest absolute Gasteiger partial charge is 0.253 e. The van der Waals surface area contributed by atoms with E-state index in [4.69, 9.17) is 0 Å². The van der Waals surface area contributed by atoms with E-state index in [1.165, 1.54) is 0 Å². The Labute approximate surface area is 160 Å². The summed E-state index contributed by atoms with van der Waals surface area (Å²) in [6.07, 6.45) is 3.92. The van der Waals surface area contributed by atoms with Gasteiger partial charge in [0.2, 0.25) is 5.91 Å². The zero-order valence-electron chi connectivity index (χ0n) is 16.1. The van der Waals surface area contributed by atoms with Crippen molar-refractivity contribution in [3.8, 4) is 0 Å². The molecule has 1 aromatic rings. The van der Waals surface area contributed by atoms with Crippen molar-refractivity contribution in [2.75, 3.05) is 44.7 Å². The van der Waals surface area contributed by atoms with Crippen molar-refractivity contribution in [2.45, 2.75) is 38.2 Å². The molecule has 3 fully saturated rings. The van der Waals surface area contributed by atoms with Crippen LogP contribution in [0.15, 0.2) is 24.3 Å². The monoisotopic (exact) mass is 371 g/mol. The molecule has 1 N–H and O–H groups in total. The Kier molecular flexibility index (Phi) is 4.95. The molecule has 0 bridgehead atoms. The van der Waals surface area contributed by atoms with E-state index in [1.807, 2.05) is 29.2 Å². The van der Waals surface area contributed by atoms with Gasteiger partial charge in [0, 0.05) is 50.4 Å². The molecule has 0 aromatic heterocycles. The first-order chi connectivity index (χ1) is 13.0. The van der Waals surface area contributed by atoms with Gasteiger partial charge in [0.05, 0.1) is 6.10 Å². The van der Waals surface area contributed by atoms with Crippen molar-refractivity contribution in [3.63, 3.8) is 0 Å². The molecule has 0 radical (unpaired) electrons. The molecule has 1 unspecified atom stereocenters. The summed E-state index contributed by atoms with van der Waals surface area (Å²) in [5, 5.41) is 10.2. The number of piperidine rings is 2. The molecule has 27 heavy (non-hydrogen) atoms. The van der Waals surface area contributed by atoms with Crippen LogP contribution in [0, 0.1) is 5.41 Å². The fourth-order valence-electron chi connectivity index (χ4n) is 5.08. The molecule has 2 amide bonds. The lowest BCUT2D eigenvalue weighted by Crippen LogP contribution is -2.53. The molecule has 3 aliphatic rings. The summed E-state index contributed by atoms with van der Waals surface area (Å²) in [6, 6.07) is 7.47. The van der Waals surface area contributed by atoms with Crippen LogP contribution in [0.25, 0.3) is 0 Å². The van der Waals surface area contributed by atoms with Crippen LogP contribution in [0.5, 0.6) is 0 Å². The van der Waals surface area contributed by atoms with E-state index >= 15 is 0 Å². The van der Waals surface area contributed by atoms with Crippen molar-refractivity contribution in [3.05, 3.63) is 29.8 Å². The number of amides is 2. The highest BCUT2D eigenvalue weighted by atomic mass is 16.3. The lowest BCUT2D eigenvalue weighted by atomic mass is 9.71. The summed E-state index contributed by atoms with van der Waals surface area (Å²) in [5.41, 5.74) is 1.62. The summed E-state index contributed by atoms with van der Waals surface area (Å²) in [5.74, 6) is 0.183. The standard InChI is InChI=1S/C21H29N3O3/c1-22-14-18(25)13-21(15-22)7-10-23(11-8-21)20(27)16-4-2-5-17(12-16)24-9-3-6-19(24)26/h2,4-5,12,18,25H,3,6-11,13-15H2,1H3. The first-order valence-electron chi connectivity index (χ1n) is 10.0. The zero-order chi connectivity index (χ0) is 19.0. The van der Waals surface area contributed by atoms with Crippen LogP contribution in [0.3, 0.4) is 0 Å². The molecule has 0 aliphatic carbocycles. The molecule has 1 spiro atoms. The summed E-state index contributed by atoms with van der Waals surface area (Å²) in [7, 11) is 2.06. The van der Waals surface area contributed by atoms with E-state index in [-0.39, 0.29) is 23.3 Å². The lowest BCUT2D eigenvalue weighted by Gasteiger charge is -2.48. The minimum absolute atomic E-state index is 0.0445. The van der Waals surface area contributed by atoms with Gasteiger partial charge in [0.25, 0.3) is 5.91 Å². The highest BCUT2D eigenvalue weighted by Crippen LogP contribution is 2.39. The highest BCUT2D eigenvalue weighted by Gasteiger charge is 2.41. The third-order valence-electron chi connectivity index (χ3n) is 6.39. The van der Waals surface area contributed by atoms with Gasteiger partial charge in [-0.25, -0.2) is 0 Å². The predicted octanol–water partition coefficient (Wildman–Crippen LogP) is 1.73. The number of aliphatic hydroxyl groups excluding tert-OH is 1. The van der Waals surface area contributed by atoms with E-state index in [0.717, 1.165) is 64.1 Å². The van der Waals surface area contributed by atoms with E-state index in [2.05, 4.69) is 11.9 Å². The number of nitrogens with zero attached hydrogens (tertiary/aromatic N) is 3. The lowest BCUT2D eigenvalue weighted by molar-refractivity contribution is -0.117. The van der Waals surface area contributed by atoms with Crippen LogP contribution in [0.4, 0.5) is 5.69 Å². The van der Waals surface area contributed by atoms with E-state index < -0.39 is 0 Å². The number of aliphatic hydroxyl groups is 1. The molecule has 4 rings (SSSR count). The van der Waals surface area contributed by atoms with Gasteiger partial charge in [-0.2, -0.15) is 0 Å².